The van der Waals surface area contributed by atoms with E-state index in [1.807, 2.05) is 24.3 Å². The molecule has 0 saturated carbocycles. The first-order chi connectivity index (χ1) is 9.67. The smallest absolute Gasteiger partial charge is 0.159 e. The highest BCUT2D eigenvalue weighted by molar-refractivity contribution is 6.30. The Kier molecular flexibility index (Phi) is 3.72. The fourth-order valence-corrected chi connectivity index (χ4v) is 2.91. The van der Waals surface area contributed by atoms with Crippen molar-refractivity contribution in [3.63, 3.8) is 0 Å². The minimum Gasteiger partial charge on any atom is -0.330 e. The van der Waals surface area contributed by atoms with E-state index in [2.05, 4.69) is 11.9 Å². The Balaban J connectivity index is 2.00. The third kappa shape index (κ3) is 2.56. The molecule has 2 aromatic rings. The molecular formula is C16H18ClN3. The summed E-state index contributed by atoms with van der Waals surface area (Å²) >= 11 is 5.93. The van der Waals surface area contributed by atoms with E-state index in [1.165, 1.54) is 11.3 Å². The summed E-state index contributed by atoms with van der Waals surface area (Å²) in [5.74, 6) is 1.37. The van der Waals surface area contributed by atoms with Crippen molar-refractivity contribution in [3.05, 3.63) is 46.2 Å². The van der Waals surface area contributed by atoms with Gasteiger partial charge in [-0.25, -0.2) is 9.97 Å². The molecule has 1 aromatic carbocycles. The lowest BCUT2D eigenvalue weighted by Gasteiger charge is -2.24. The van der Waals surface area contributed by atoms with Gasteiger partial charge in [0.05, 0.1) is 0 Å². The number of aromatic nitrogens is 2. The van der Waals surface area contributed by atoms with Crippen molar-refractivity contribution >= 4 is 11.6 Å². The molecule has 1 heterocycles. The minimum atomic E-state index is 0.575. The zero-order chi connectivity index (χ0) is 14.1. The Labute approximate surface area is 124 Å². The van der Waals surface area contributed by atoms with E-state index >= 15 is 0 Å². The number of hydrogen-bond donors (Lipinski definition) is 1. The summed E-state index contributed by atoms with van der Waals surface area (Å²) in [4.78, 5) is 9.41. The van der Waals surface area contributed by atoms with Gasteiger partial charge in [-0.05, 0) is 68.5 Å². The molecule has 1 aliphatic rings. The van der Waals surface area contributed by atoms with Gasteiger partial charge in [0, 0.05) is 22.0 Å². The number of benzene rings is 1. The minimum absolute atomic E-state index is 0.575. The van der Waals surface area contributed by atoms with Gasteiger partial charge >= 0.3 is 0 Å². The van der Waals surface area contributed by atoms with Crippen molar-refractivity contribution < 1.29 is 0 Å². The molecule has 1 atom stereocenters. The Hall–Kier alpha value is -1.45. The largest absolute Gasteiger partial charge is 0.330 e. The highest BCUT2D eigenvalue weighted by atomic mass is 35.5. The summed E-state index contributed by atoms with van der Waals surface area (Å²) in [7, 11) is 0. The highest BCUT2D eigenvalue weighted by Crippen LogP contribution is 2.28. The van der Waals surface area contributed by atoms with Crippen LogP contribution in [0.4, 0.5) is 0 Å². The second-order valence-electron chi connectivity index (χ2n) is 5.41. The molecule has 1 unspecified atom stereocenters. The van der Waals surface area contributed by atoms with Gasteiger partial charge in [0.25, 0.3) is 0 Å². The average Bonchev–Trinajstić information content (AvgIpc) is 2.47. The summed E-state index contributed by atoms with van der Waals surface area (Å²) in [5, 5.41) is 0.731. The number of halogens is 1. The van der Waals surface area contributed by atoms with Crippen molar-refractivity contribution in [2.45, 2.75) is 26.2 Å². The molecule has 20 heavy (non-hydrogen) atoms. The van der Waals surface area contributed by atoms with Crippen LogP contribution >= 0.6 is 11.6 Å². The van der Waals surface area contributed by atoms with Crippen LogP contribution in [0.15, 0.2) is 24.3 Å². The second-order valence-corrected chi connectivity index (χ2v) is 5.85. The number of fused-ring (bicyclic) bond motifs is 1. The highest BCUT2D eigenvalue weighted by Gasteiger charge is 2.22. The Morgan fingerprint density at radius 2 is 2.00 bits per heavy atom. The van der Waals surface area contributed by atoms with Gasteiger partial charge in [0.15, 0.2) is 5.82 Å². The predicted octanol–water partition coefficient (Wildman–Crippen LogP) is 3.17. The maximum absolute atomic E-state index is 5.93. The Bertz CT molecular complexity index is 622. The zero-order valence-electron chi connectivity index (χ0n) is 11.6. The van der Waals surface area contributed by atoms with Crippen molar-refractivity contribution in [2.75, 3.05) is 6.54 Å². The molecule has 0 amide bonds. The SMILES string of the molecule is Cc1nc(-c2ccc(Cl)cc2)nc2c1CC(CN)CC2. The normalized spacial score (nSPS) is 17.9. The lowest BCUT2D eigenvalue weighted by Crippen LogP contribution is -2.24. The van der Waals surface area contributed by atoms with Gasteiger partial charge in [-0.1, -0.05) is 11.6 Å². The Morgan fingerprint density at radius 1 is 1.25 bits per heavy atom. The third-order valence-corrected chi connectivity index (χ3v) is 4.27. The molecule has 0 saturated heterocycles. The van der Waals surface area contributed by atoms with Crippen molar-refractivity contribution in [2.24, 2.45) is 11.7 Å². The number of hydrogen-bond acceptors (Lipinski definition) is 3. The van der Waals surface area contributed by atoms with Crippen LogP contribution in [0.2, 0.25) is 5.02 Å². The number of nitrogens with zero attached hydrogens (tertiary/aromatic N) is 2. The average molecular weight is 288 g/mol. The molecule has 3 rings (SSSR count). The lowest BCUT2D eigenvalue weighted by atomic mass is 9.86. The summed E-state index contributed by atoms with van der Waals surface area (Å²) in [6.07, 6.45) is 3.14. The summed E-state index contributed by atoms with van der Waals surface area (Å²) in [6.45, 7) is 2.82. The lowest BCUT2D eigenvalue weighted by molar-refractivity contribution is 0.460. The summed E-state index contributed by atoms with van der Waals surface area (Å²) < 4.78 is 0. The number of nitrogens with two attached hydrogens (primary N) is 1. The molecule has 3 nitrogen and oxygen atoms in total. The van der Waals surface area contributed by atoms with Gasteiger partial charge in [0.1, 0.15) is 0 Å². The van der Waals surface area contributed by atoms with Crippen molar-refractivity contribution in [1.82, 2.24) is 9.97 Å². The van der Waals surface area contributed by atoms with Crippen LogP contribution in [0.25, 0.3) is 11.4 Å². The Morgan fingerprint density at radius 3 is 2.70 bits per heavy atom. The van der Waals surface area contributed by atoms with E-state index in [4.69, 9.17) is 22.3 Å². The fourth-order valence-electron chi connectivity index (χ4n) is 2.79. The first kappa shape index (κ1) is 13.5. The molecule has 0 fully saturated rings. The van der Waals surface area contributed by atoms with E-state index in [0.29, 0.717) is 5.92 Å². The van der Waals surface area contributed by atoms with Crippen LogP contribution in [0.1, 0.15) is 23.4 Å². The van der Waals surface area contributed by atoms with E-state index in [1.54, 1.807) is 0 Å². The molecular weight excluding hydrogens is 270 g/mol. The van der Waals surface area contributed by atoms with Gasteiger partial charge < -0.3 is 5.73 Å². The van der Waals surface area contributed by atoms with Crippen LogP contribution in [-0.2, 0) is 12.8 Å². The van der Waals surface area contributed by atoms with E-state index in [9.17, 15) is 0 Å². The van der Waals surface area contributed by atoms with Crippen molar-refractivity contribution in [1.29, 1.82) is 0 Å². The van der Waals surface area contributed by atoms with Crippen LogP contribution < -0.4 is 5.73 Å². The standard InChI is InChI=1S/C16H18ClN3/c1-10-14-8-11(9-18)2-7-15(14)20-16(19-10)12-3-5-13(17)6-4-12/h3-6,11H,2,7-9,18H2,1H3. The molecule has 4 heteroatoms. The van der Waals surface area contributed by atoms with Crippen LogP contribution in [0.3, 0.4) is 0 Å². The van der Waals surface area contributed by atoms with Crippen LogP contribution in [0, 0.1) is 12.8 Å². The molecule has 2 N–H and O–H groups in total. The fraction of sp³-hybridized carbons (Fsp3) is 0.375. The van der Waals surface area contributed by atoms with E-state index in [0.717, 1.165) is 47.9 Å². The van der Waals surface area contributed by atoms with Gasteiger partial charge in [0.2, 0.25) is 0 Å². The van der Waals surface area contributed by atoms with E-state index < -0.39 is 0 Å². The predicted molar refractivity (Wildman–Crippen MR) is 81.8 cm³/mol. The first-order valence-electron chi connectivity index (χ1n) is 6.99. The van der Waals surface area contributed by atoms with Crippen molar-refractivity contribution in [3.8, 4) is 11.4 Å². The maximum Gasteiger partial charge on any atom is 0.159 e. The third-order valence-electron chi connectivity index (χ3n) is 4.02. The zero-order valence-corrected chi connectivity index (χ0v) is 12.3. The van der Waals surface area contributed by atoms with Gasteiger partial charge in [-0.2, -0.15) is 0 Å². The van der Waals surface area contributed by atoms with Crippen LogP contribution in [0.5, 0.6) is 0 Å². The number of rotatable bonds is 2. The van der Waals surface area contributed by atoms with Crippen LogP contribution in [-0.4, -0.2) is 16.5 Å². The van der Waals surface area contributed by atoms with E-state index in [-0.39, 0.29) is 0 Å². The second kappa shape index (κ2) is 5.51. The molecule has 1 aromatic heterocycles. The summed E-state index contributed by atoms with van der Waals surface area (Å²) in [6, 6.07) is 7.68. The molecule has 0 bridgehead atoms. The molecule has 1 aliphatic carbocycles. The number of aryl methyl sites for hydroxylation is 2. The monoisotopic (exact) mass is 287 g/mol. The quantitative estimate of drug-likeness (QED) is 0.923. The topological polar surface area (TPSA) is 51.8 Å². The molecule has 0 aliphatic heterocycles. The van der Waals surface area contributed by atoms with Gasteiger partial charge in [-0.15, -0.1) is 0 Å². The maximum atomic E-state index is 5.93. The molecule has 104 valence electrons. The summed E-state index contributed by atoms with van der Waals surface area (Å²) in [5.41, 5.74) is 10.4. The van der Waals surface area contributed by atoms with Gasteiger partial charge in [-0.3, -0.25) is 0 Å². The first-order valence-corrected chi connectivity index (χ1v) is 7.37. The molecule has 0 radical (unpaired) electrons. The molecule has 0 spiro atoms.